The fraction of sp³-hybridized carbons (Fsp3) is 0.143. The van der Waals surface area contributed by atoms with Crippen LogP contribution in [0.25, 0.3) is 0 Å². The lowest BCUT2D eigenvalue weighted by molar-refractivity contribution is 0.424. The maximum atomic E-state index is 13.9. The third kappa shape index (κ3) is 2.88. The first-order valence-electron chi connectivity index (χ1n) is 5.69. The van der Waals surface area contributed by atoms with Gasteiger partial charge in [-0.25, -0.2) is 9.37 Å². The van der Waals surface area contributed by atoms with E-state index in [1.807, 2.05) is 6.92 Å². The van der Waals surface area contributed by atoms with Gasteiger partial charge in [0.15, 0.2) is 11.6 Å². The number of aromatic nitrogens is 1. The first-order valence-corrected chi connectivity index (χ1v) is 6.10. The summed E-state index contributed by atoms with van der Waals surface area (Å²) in [5.74, 6) is -0.0905. The third-order valence-corrected chi connectivity index (χ3v) is 2.85. The highest BCUT2D eigenvalue weighted by molar-refractivity contribution is 7.80. The van der Waals surface area contributed by atoms with Crippen molar-refractivity contribution in [3.8, 4) is 11.6 Å². The Labute approximate surface area is 116 Å². The second-order valence-electron chi connectivity index (χ2n) is 4.16. The Morgan fingerprint density at radius 3 is 2.68 bits per heavy atom. The largest absolute Gasteiger partial charge is 0.435 e. The van der Waals surface area contributed by atoms with Crippen LogP contribution in [0.2, 0.25) is 0 Å². The van der Waals surface area contributed by atoms with Crippen LogP contribution in [0.3, 0.4) is 0 Å². The Kier molecular flexibility index (Phi) is 3.76. The zero-order valence-electron chi connectivity index (χ0n) is 10.6. The Morgan fingerprint density at radius 2 is 2.00 bits per heavy atom. The standard InChI is InChI=1S/C14H13FN2OS/c1-8-4-3-5-11(12(8)15)18-14-10(13(16)19)7-6-9(2)17-14/h3-7H,1-2H3,(H2,16,19). The molecule has 0 aliphatic heterocycles. The van der Waals surface area contributed by atoms with Crippen LogP contribution in [-0.4, -0.2) is 9.97 Å². The summed E-state index contributed by atoms with van der Waals surface area (Å²) in [7, 11) is 0. The average molecular weight is 276 g/mol. The van der Waals surface area contributed by atoms with E-state index in [9.17, 15) is 4.39 Å². The molecule has 2 N–H and O–H groups in total. The number of thiocarbonyl (C=S) groups is 1. The predicted molar refractivity (Wildman–Crippen MR) is 76.1 cm³/mol. The van der Waals surface area contributed by atoms with Crippen LogP contribution < -0.4 is 10.5 Å². The molecule has 0 atom stereocenters. The Morgan fingerprint density at radius 1 is 1.26 bits per heavy atom. The minimum absolute atomic E-state index is 0.107. The minimum Gasteiger partial charge on any atom is -0.435 e. The molecule has 0 radical (unpaired) electrons. The molecule has 2 rings (SSSR count). The molecule has 0 saturated carbocycles. The highest BCUT2D eigenvalue weighted by atomic mass is 32.1. The fourth-order valence-corrected chi connectivity index (χ4v) is 1.76. The molecule has 0 aliphatic rings. The lowest BCUT2D eigenvalue weighted by atomic mass is 10.2. The van der Waals surface area contributed by atoms with Gasteiger partial charge in [-0.15, -0.1) is 0 Å². The number of benzene rings is 1. The highest BCUT2D eigenvalue weighted by Gasteiger charge is 2.13. The monoisotopic (exact) mass is 276 g/mol. The molecule has 1 aromatic heterocycles. The lowest BCUT2D eigenvalue weighted by Crippen LogP contribution is -2.12. The molecule has 0 amide bonds. The summed E-state index contributed by atoms with van der Waals surface area (Å²) in [6, 6.07) is 8.40. The number of aryl methyl sites for hydroxylation is 2. The molecule has 98 valence electrons. The highest BCUT2D eigenvalue weighted by Crippen LogP contribution is 2.27. The summed E-state index contributed by atoms with van der Waals surface area (Å²) >= 11 is 4.93. The van der Waals surface area contributed by atoms with Crippen molar-refractivity contribution in [2.24, 2.45) is 5.73 Å². The van der Waals surface area contributed by atoms with Gasteiger partial charge < -0.3 is 10.5 Å². The number of nitrogens with two attached hydrogens (primary N) is 1. The smallest absolute Gasteiger partial charge is 0.229 e. The maximum absolute atomic E-state index is 13.9. The van der Waals surface area contributed by atoms with Crippen LogP contribution in [-0.2, 0) is 0 Å². The molecule has 0 saturated heterocycles. The van der Waals surface area contributed by atoms with Crippen LogP contribution in [0.15, 0.2) is 30.3 Å². The van der Waals surface area contributed by atoms with Crippen molar-refractivity contribution in [3.05, 3.63) is 53.0 Å². The van der Waals surface area contributed by atoms with Crippen LogP contribution in [0.5, 0.6) is 11.6 Å². The number of halogens is 1. The fourth-order valence-electron chi connectivity index (χ4n) is 1.60. The quantitative estimate of drug-likeness (QED) is 0.874. The van der Waals surface area contributed by atoms with Gasteiger partial charge in [0.25, 0.3) is 0 Å². The molecule has 3 nitrogen and oxygen atoms in total. The zero-order valence-corrected chi connectivity index (χ0v) is 11.4. The number of rotatable bonds is 3. The molecule has 0 bridgehead atoms. The van der Waals surface area contributed by atoms with Crippen molar-refractivity contribution < 1.29 is 9.13 Å². The summed E-state index contributed by atoms with van der Waals surface area (Å²) in [6.07, 6.45) is 0. The maximum Gasteiger partial charge on any atom is 0.229 e. The van der Waals surface area contributed by atoms with E-state index in [0.29, 0.717) is 11.1 Å². The number of hydrogen-bond acceptors (Lipinski definition) is 3. The van der Waals surface area contributed by atoms with E-state index in [4.69, 9.17) is 22.7 Å². The van der Waals surface area contributed by atoms with E-state index in [0.717, 1.165) is 5.69 Å². The van der Waals surface area contributed by atoms with Gasteiger partial charge in [0.05, 0.1) is 5.56 Å². The van der Waals surface area contributed by atoms with Gasteiger partial charge in [-0.1, -0.05) is 24.4 Å². The zero-order chi connectivity index (χ0) is 14.0. The van der Waals surface area contributed by atoms with Gasteiger partial charge in [0, 0.05) is 5.69 Å². The van der Waals surface area contributed by atoms with E-state index in [1.54, 1.807) is 31.2 Å². The van der Waals surface area contributed by atoms with Gasteiger partial charge >= 0.3 is 0 Å². The SMILES string of the molecule is Cc1ccc(C(N)=S)c(Oc2cccc(C)c2F)n1. The summed E-state index contributed by atoms with van der Waals surface area (Å²) in [4.78, 5) is 4.37. The third-order valence-electron chi connectivity index (χ3n) is 2.63. The van der Waals surface area contributed by atoms with E-state index in [-0.39, 0.29) is 16.6 Å². The number of hydrogen-bond donors (Lipinski definition) is 1. The van der Waals surface area contributed by atoms with Crippen LogP contribution in [0.1, 0.15) is 16.8 Å². The van der Waals surface area contributed by atoms with Crippen molar-refractivity contribution >= 4 is 17.2 Å². The number of nitrogens with zero attached hydrogens (tertiary/aromatic N) is 1. The van der Waals surface area contributed by atoms with E-state index < -0.39 is 5.82 Å². The summed E-state index contributed by atoms with van der Waals surface area (Å²) in [6.45, 7) is 3.48. The van der Waals surface area contributed by atoms with E-state index in [2.05, 4.69) is 4.98 Å². The second-order valence-corrected chi connectivity index (χ2v) is 4.60. The Bertz CT molecular complexity index is 643. The van der Waals surface area contributed by atoms with Gasteiger partial charge in [-0.05, 0) is 37.6 Å². The van der Waals surface area contributed by atoms with Gasteiger partial charge in [0.2, 0.25) is 5.88 Å². The second kappa shape index (κ2) is 5.32. The lowest BCUT2D eigenvalue weighted by Gasteiger charge is -2.11. The first kappa shape index (κ1) is 13.4. The van der Waals surface area contributed by atoms with E-state index >= 15 is 0 Å². The summed E-state index contributed by atoms with van der Waals surface area (Å²) in [5, 5.41) is 0. The molecule has 2 aromatic rings. The molecule has 1 heterocycles. The Balaban J connectivity index is 2.45. The molecule has 0 fully saturated rings. The van der Waals surface area contributed by atoms with Crippen LogP contribution >= 0.6 is 12.2 Å². The summed E-state index contributed by atoms with van der Waals surface area (Å²) in [5.41, 5.74) is 7.33. The molecule has 19 heavy (non-hydrogen) atoms. The minimum atomic E-state index is -0.417. The molecule has 0 aliphatic carbocycles. The number of ether oxygens (including phenoxy) is 1. The average Bonchev–Trinajstić information content (AvgIpc) is 2.35. The van der Waals surface area contributed by atoms with Crippen molar-refractivity contribution in [3.63, 3.8) is 0 Å². The normalized spacial score (nSPS) is 10.3. The van der Waals surface area contributed by atoms with Crippen LogP contribution in [0, 0.1) is 19.7 Å². The molecule has 1 aromatic carbocycles. The van der Waals surface area contributed by atoms with Crippen molar-refractivity contribution in [1.29, 1.82) is 0 Å². The van der Waals surface area contributed by atoms with Crippen molar-refractivity contribution in [2.75, 3.05) is 0 Å². The Hall–Kier alpha value is -2.01. The van der Waals surface area contributed by atoms with Gasteiger partial charge in [0.1, 0.15) is 4.99 Å². The molecule has 5 heteroatoms. The van der Waals surface area contributed by atoms with Crippen LogP contribution in [0.4, 0.5) is 4.39 Å². The van der Waals surface area contributed by atoms with E-state index in [1.165, 1.54) is 6.07 Å². The predicted octanol–water partition coefficient (Wildman–Crippen LogP) is 3.26. The number of pyridine rings is 1. The summed E-state index contributed by atoms with van der Waals surface area (Å²) < 4.78 is 19.4. The van der Waals surface area contributed by atoms with Crippen molar-refractivity contribution in [2.45, 2.75) is 13.8 Å². The van der Waals surface area contributed by atoms with Crippen molar-refractivity contribution in [1.82, 2.24) is 4.98 Å². The molecule has 0 spiro atoms. The topological polar surface area (TPSA) is 48.1 Å². The van der Waals surface area contributed by atoms with Gasteiger partial charge in [-0.2, -0.15) is 0 Å². The first-order chi connectivity index (χ1) is 8.99. The molecular formula is C14H13FN2OS. The van der Waals surface area contributed by atoms with Gasteiger partial charge in [-0.3, -0.25) is 0 Å². The molecule has 0 unspecified atom stereocenters. The molecular weight excluding hydrogens is 263 g/mol.